The van der Waals surface area contributed by atoms with E-state index in [2.05, 4.69) is 31.2 Å². The van der Waals surface area contributed by atoms with E-state index in [1.54, 1.807) is 18.2 Å². The highest BCUT2D eigenvalue weighted by Gasteiger charge is 2.17. The predicted molar refractivity (Wildman–Crippen MR) is 80.7 cm³/mol. The van der Waals surface area contributed by atoms with Crippen molar-refractivity contribution < 1.29 is 9.53 Å². The van der Waals surface area contributed by atoms with Crippen molar-refractivity contribution in [3.8, 4) is 5.88 Å². The molecule has 1 N–H and O–H groups in total. The third kappa shape index (κ3) is 3.20. The summed E-state index contributed by atoms with van der Waals surface area (Å²) in [6, 6.07) is 5.18. The number of carbonyl (C=O) groups is 1. The molecule has 0 unspecified atom stereocenters. The number of amides is 1. The first-order valence-corrected chi connectivity index (χ1v) is 6.89. The Bertz CT molecular complexity index is 647. The van der Waals surface area contributed by atoms with Crippen LogP contribution in [0.3, 0.4) is 0 Å². The van der Waals surface area contributed by atoms with Crippen LogP contribution in [-0.2, 0) is 0 Å². The number of ether oxygens (including phenoxy) is 1. The lowest BCUT2D eigenvalue weighted by Crippen LogP contribution is -2.15. The summed E-state index contributed by atoms with van der Waals surface area (Å²) in [4.78, 5) is 19.8. The third-order valence-electron chi connectivity index (χ3n) is 2.36. The number of methoxy groups -OCH3 is 1. The van der Waals surface area contributed by atoms with Crippen molar-refractivity contribution in [1.82, 2.24) is 9.97 Å². The van der Waals surface area contributed by atoms with Crippen molar-refractivity contribution in [2.24, 2.45) is 0 Å². The Balaban J connectivity index is 2.33. The van der Waals surface area contributed by atoms with Crippen molar-refractivity contribution in [2.75, 3.05) is 12.4 Å². The van der Waals surface area contributed by atoms with Gasteiger partial charge in [-0.25, -0.2) is 4.98 Å². The first-order valence-electron chi connectivity index (χ1n) is 5.35. The Kier molecular flexibility index (Phi) is 4.80. The van der Waals surface area contributed by atoms with E-state index in [0.29, 0.717) is 15.2 Å². The number of nitrogens with zero attached hydrogens (tertiary/aromatic N) is 2. The lowest BCUT2D eigenvalue weighted by atomic mass is 10.2. The lowest BCUT2D eigenvalue weighted by molar-refractivity contribution is 0.102. The summed E-state index contributed by atoms with van der Waals surface area (Å²) in [5.41, 5.74) is 0.611. The molecule has 0 spiro atoms. The van der Waals surface area contributed by atoms with Crippen molar-refractivity contribution >= 4 is 50.7 Å². The topological polar surface area (TPSA) is 64.1 Å². The fourth-order valence-electron chi connectivity index (χ4n) is 1.46. The van der Waals surface area contributed by atoms with Gasteiger partial charge in [-0.3, -0.25) is 4.79 Å². The fraction of sp³-hybridized carbons (Fsp3) is 0.0833. The number of benzene rings is 1. The van der Waals surface area contributed by atoms with Gasteiger partial charge in [0, 0.05) is 10.7 Å². The summed E-state index contributed by atoms with van der Waals surface area (Å²) < 4.78 is 5.66. The minimum atomic E-state index is -0.452. The van der Waals surface area contributed by atoms with Crippen molar-refractivity contribution in [2.45, 2.75) is 0 Å². The highest BCUT2D eigenvalue weighted by atomic mass is 79.9. The van der Waals surface area contributed by atoms with E-state index < -0.39 is 5.91 Å². The van der Waals surface area contributed by atoms with Crippen LogP contribution in [0.1, 0.15) is 10.4 Å². The van der Waals surface area contributed by atoms with Crippen LogP contribution in [0.5, 0.6) is 5.88 Å². The zero-order chi connectivity index (χ0) is 14.7. The molecule has 1 heterocycles. The second-order valence-corrected chi connectivity index (χ2v) is 5.21. The number of rotatable bonds is 3. The normalized spacial score (nSPS) is 10.2. The molecule has 0 saturated carbocycles. The van der Waals surface area contributed by atoms with Gasteiger partial charge in [0.1, 0.15) is 5.56 Å². The maximum Gasteiger partial charge on any atom is 0.262 e. The van der Waals surface area contributed by atoms with Crippen LogP contribution in [0.15, 0.2) is 28.9 Å². The summed E-state index contributed by atoms with van der Waals surface area (Å²) in [7, 11) is 1.39. The van der Waals surface area contributed by atoms with Crippen molar-refractivity contribution in [3.05, 3.63) is 44.7 Å². The van der Waals surface area contributed by atoms with Gasteiger partial charge in [-0.1, -0.05) is 17.7 Å². The number of hydrogen-bond acceptors (Lipinski definition) is 4. The first-order chi connectivity index (χ1) is 9.52. The number of nitrogens with one attached hydrogen (secondary N) is 1. The lowest BCUT2D eigenvalue weighted by Gasteiger charge is -2.10. The van der Waals surface area contributed by atoms with E-state index >= 15 is 0 Å². The van der Waals surface area contributed by atoms with Crippen LogP contribution in [0.2, 0.25) is 10.3 Å². The standard InChI is InChI=1S/C12H8BrCl2N3O2/c1-20-11-6(5-16-12(15)18-11)10(19)17-9-7(13)3-2-4-8(9)14/h2-5H,1H3,(H,17,19). The predicted octanol–water partition coefficient (Wildman–Crippen LogP) is 3.81. The van der Waals surface area contributed by atoms with Gasteiger partial charge < -0.3 is 10.1 Å². The monoisotopic (exact) mass is 375 g/mol. The van der Waals surface area contributed by atoms with Crippen LogP contribution in [0.4, 0.5) is 5.69 Å². The summed E-state index contributed by atoms with van der Waals surface area (Å²) in [6.45, 7) is 0. The zero-order valence-electron chi connectivity index (χ0n) is 10.2. The minimum Gasteiger partial charge on any atom is -0.480 e. The summed E-state index contributed by atoms with van der Waals surface area (Å²) in [5.74, 6) is -0.363. The molecule has 20 heavy (non-hydrogen) atoms. The number of carbonyl (C=O) groups excluding carboxylic acids is 1. The molecular formula is C12H8BrCl2N3O2. The molecule has 0 atom stereocenters. The van der Waals surface area contributed by atoms with E-state index in [9.17, 15) is 4.79 Å². The highest BCUT2D eigenvalue weighted by Crippen LogP contribution is 2.31. The second kappa shape index (κ2) is 6.39. The van der Waals surface area contributed by atoms with Crippen LogP contribution in [0.25, 0.3) is 0 Å². The maximum atomic E-state index is 12.2. The van der Waals surface area contributed by atoms with Crippen LogP contribution in [0, 0.1) is 0 Å². The molecule has 1 aromatic carbocycles. The Morgan fingerprint density at radius 3 is 2.80 bits per heavy atom. The molecule has 0 saturated heterocycles. The van der Waals surface area contributed by atoms with Crippen LogP contribution in [-0.4, -0.2) is 23.0 Å². The van der Waals surface area contributed by atoms with Gasteiger partial charge in [0.2, 0.25) is 11.2 Å². The summed E-state index contributed by atoms with van der Waals surface area (Å²) in [6.07, 6.45) is 1.29. The Hall–Kier alpha value is -1.37. The molecule has 104 valence electrons. The first kappa shape index (κ1) is 15.0. The van der Waals surface area contributed by atoms with Crippen LogP contribution < -0.4 is 10.1 Å². The molecule has 0 aliphatic carbocycles. The highest BCUT2D eigenvalue weighted by molar-refractivity contribution is 9.10. The van der Waals surface area contributed by atoms with Gasteiger partial charge in [0.15, 0.2) is 0 Å². The molecule has 0 aliphatic rings. The van der Waals surface area contributed by atoms with Gasteiger partial charge in [0.25, 0.3) is 5.91 Å². The van der Waals surface area contributed by atoms with Crippen LogP contribution >= 0.6 is 39.1 Å². The number of aromatic nitrogens is 2. The fourth-order valence-corrected chi connectivity index (χ4v) is 2.38. The quantitative estimate of drug-likeness (QED) is 0.827. The molecule has 1 aromatic heterocycles. The smallest absolute Gasteiger partial charge is 0.262 e. The Morgan fingerprint density at radius 2 is 2.15 bits per heavy atom. The van der Waals surface area contributed by atoms with Gasteiger partial charge in [-0.15, -0.1) is 0 Å². The molecule has 2 aromatic rings. The van der Waals surface area contributed by atoms with E-state index in [4.69, 9.17) is 27.9 Å². The minimum absolute atomic E-state index is 0.00248. The second-order valence-electron chi connectivity index (χ2n) is 3.61. The molecule has 1 amide bonds. The van der Waals surface area contributed by atoms with E-state index in [-0.39, 0.29) is 16.7 Å². The SMILES string of the molecule is COc1nc(Cl)ncc1C(=O)Nc1c(Cl)cccc1Br. The number of anilines is 1. The largest absolute Gasteiger partial charge is 0.480 e. The number of para-hydroxylation sites is 1. The average molecular weight is 377 g/mol. The maximum absolute atomic E-state index is 12.2. The molecule has 0 fully saturated rings. The molecular weight excluding hydrogens is 369 g/mol. The summed E-state index contributed by atoms with van der Waals surface area (Å²) in [5, 5.41) is 3.07. The zero-order valence-corrected chi connectivity index (χ0v) is 13.3. The van der Waals surface area contributed by atoms with Gasteiger partial charge in [-0.2, -0.15) is 4.98 Å². The molecule has 8 heteroatoms. The van der Waals surface area contributed by atoms with Crippen molar-refractivity contribution in [1.29, 1.82) is 0 Å². The molecule has 0 bridgehead atoms. The summed E-state index contributed by atoms with van der Waals surface area (Å²) >= 11 is 15.0. The van der Waals surface area contributed by atoms with Crippen molar-refractivity contribution in [3.63, 3.8) is 0 Å². The number of hydrogen-bond donors (Lipinski definition) is 1. The number of halogens is 3. The van der Waals surface area contributed by atoms with E-state index in [1.165, 1.54) is 13.3 Å². The Labute approximate surface area is 133 Å². The third-order valence-corrected chi connectivity index (χ3v) is 3.52. The molecule has 0 radical (unpaired) electrons. The molecule has 5 nitrogen and oxygen atoms in total. The molecule has 2 rings (SSSR count). The van der Waals surface area contributed by atoms with E-state index in [1.807, 2.05) is 0 Å². The van der Waals surface area contributed by atoms with E-state index in [0.717, 1.165) is 0 Å². The van der Waals surface area contributed by atoms with Gasteiger partial charge >= 0.3 is 0 Å². The van der Waals surface area contributed by atoms with Gasteiger partial charge in [-0.05, 0) is 39.7 Å². The van der Waals surface area contributed by atoms with Gasteiger partial charge in [0.05, 0.1) is 17.8 Å². The Morgan fingerprint density at radius 1 is 1.40 bits per heavy atom. The molecule has 0 aliphatic heterocycles. The average Bonchev–Trinajstić information content (AvgIpc) is 2.42.